The molecule has 0 bridgehead atoms. The largest absolute Gasteiger partial charge is 0.481 e. The molecule has 0 amide bonds. The smallest absolute Gasteiger partial charge is 0.307 e. The van der Waals surface area contributed by atoms with Gasteiger partial charge in [0.2, 0.25) is 0 Å². The average Bonchev–Trinajstić information content (AvgIpc) is 2.15. The van der Waals surface area contributed by atoms with Crippen molar-refractivity contribution < 1.29 is 9.90 Å². The maximum atomic E-state index is 10.7. The molecule has 0 spiro atoms. The zero-order valence-corrected chi connectivity index (χ0v) is 9.36. The minimum absolute atomic E-state index is 0.133. The third-order valence-electron chi connectivity index (χ3n) is 2.45. The molecule has 0 fully saturated rings. The topological polar surface area (TPSA) is 37.3 Å². The first-order chi connectivity index (χ1) is 7.09. The van der Waals surface area contributed by atoms with Gasteiger partial charge in [-0.1, -0.05) is 38.1 Å². The molecule has 0 aliphatic rings. The monoisotopic (exact) mass is 206 g/mol. The van der Waals surface area contributed by atoms with Crippen molar-refractivity contribution in [2.75, 3.05) is 0 Å². The molecule has 0 radical (unpaired) electrons. The number of rotatable bonds is 5. The number of benzene rings is 1. The molecule has 1 rings (SSSR count). The molecular formula is C13H18O2. The van der Waals surface area contributed by atoms with E-state index in [2.05, 4.69) is 13.8 Å². The molecule has 15 heavy (non-hydrogen) atoms. The highest BCUT2D eigenvalue weighted by Crippen LogP contribution is 2.14. The van der Waals surface area contributed by atoms with Crippen LogP contribution in [0.5, 0.6) is 0 Å². The van der Waals surface area contributed by atoms with Crippen LogP contribution >= 0.6 is 0 Å². The van der Waals surface area contributed by atoms with Gasteiger partial charge in [-0.05, 0) is 29.9 Å². The predicted octanol–water partition coefficient (Wildman–Crippen LogP) is 2.90. The molecular weight excluding hydrogens is 188 g/mol. The standard InChI is InChI=1S/C13H18O2/c1-10(2)7-8-11-5-3-4-6-12(11)9-13(14)15/h3-6,10H,7-9H2,1-2H3,(H,14,15). The molecule has 0 aromatic heterocycles. The normalized spacial score (nSPS) is 10.6. The van der Waals surface area contributed by atoms with E-state index in [1.807, 2.05) is 24.3 Å². The van der Waals surface area contributed by atoms with Crippen LogP contribution in [-0.2, 0) is 17.6 Å². The first kappa shape index (κ1) is 11.8. The Balaban J connectivity index is 2.72. The molecule has 0 unspecified atom stereocenters. The van der Waals surface area contributed by atoms with Crippen LogP contribution in [0.4, 0.5) is 0 Å². The van der Waals surface area contributed by atoms with Crippen LogP contribution in [0.25, 0.3) is 0 Å². The maximum absolute atomic E-state index is 10.7. The third kappa shape index (κ3) is 4.15. The Labute approximate surface area is 90.9 Å². The summed E-state index contributed by atoms with van der Waals surface area (Å²) in [6.07, 6.45) is 2.21. The van der Waals surface area contributed by atoms with Crippen molar-refractivity contribution in [3.63, 3.8) is 0 Å². The fourth-order valence-corrected chi connectivity index (χ4v) is 1.58. The van der Waals surface area contributed by atoms with Gasteiger partial charge in [-0.15, -0.1) is 0 Å². The van der Waals surface area contributed by atoms with E-state index in [0.29, 0.717) is 5.92 Å². The summed E-state index contributed by atoms with van der Waals surface area (Å²) < 4.78 is 0. The van der Waals surface area contributed by atoms with Crippen LogP contribution in [0.2, 0.25) is 0 Å². The molecule has 0 atom stereocenters. The summed E-state index contributed by atoms with van der Waals surface area (Å²) in [6.45, 7) is 4.36. The van der Waals surface area contributed by atoms with Crippen LogP contribution in [0.3, 0.4) is 0 Å². The molecule has 1 N–H and O–H groups in total. The van der Waals surface area contributed by atoms with Crippen LogP contribution < -0.4 is 0 Å². The van der Waals surface area contributed by atoms with Gasteiger partial charge in [0.15, 0.2) is 0 Å². The van der Waals surface area contributed by atoms with Gasteiger partial charge < -0.3 is 5.11 Å². The Bertz CT molecular complexity index is 329. The molecule has 2 heteroatoms. The van der Waals surface area contributed by atoms with E-state index in [4.69, 9.17) is 5.11 Å². The quantitative estimate of drug-likeness (QED) is 0.804. The minimum atomic E-state index is -0.757. The number of hydrogen-bond donors (Lipinski definition) is 1. The van der Waals surface area contributed by atoms with Crippen molar-refractivity contribution >= 4 is 5.97 Å². The van der Waals surface area contributed by atoms with Crippen molar-refractivity contribution in [2.45, 2.75) is 33.1 Å². The lowest BCUT2D eigenvalue weighted by Crippen LogP contribution is -2.04. The highest BCUT2D eigenvalue weighted by Gasteiger charge is 2.06. The molecule has 0 saturated carbocycles. The van der Waals surface area contributed by atoms with Gasteiger partial charge in [-0.2, -0.15) is 0 Å². The second kappa shape index (κ2) is 5.54. The first-order valence-corrected chi connectivity index (χ1v) is 5.38. The van der Waals surface area contributed by atoms with Crippen LogP contribution in [-0.4, -0.2) is 11.1 Å². The van der Waals surface area contributed by atoms with E-state index in [-0.39, 0.29) is 6.42 Å². The maximum Gasteiger partial charge on any atom is 0.307 e. The number of hydrogen-bond acceptors (Lipinski definition) is 1. The van der Waals surface area contributed by atoms with Gasteiger partial charge in [0.05, 0.1) is 6.42 Å². The lowest BCUT2D eigenvalue weighted by molar-refractivity contribution is -0.136. The molecule has 0 aliphatic heterocycles. The van der Waals surface area contributed by atoms with Crippen LogP contribution in [0.1, 0.15) is 31.4 Å². The van der Waals surface area contributed by atoms with Crippen LogP contribution in [0, 0.1) is 5.92 Å². The Hall–Kier alpha value is -1.31. The summed E-state index contributed by atoms with van der Waals surface area (Å²) in [5.74, 6) is -0.102. The Morgan fingerprint density at radius 1 is 1.27 bits per heavy atom. The highest BCUT2D eigenvalue weighted by atomic mass is 16.4. The predicted molar refractivity (Wildman–Crippen MR) is 60.9 cm³/mol. The number of carboxylic acid groups (broad SMARTS) is 1. The van der Waals surface area contributed by atoms with Crippen molar-refractivity contribution in [3.8, 4) is 0 Å². The second-order valence-electron chi connectivity index (χ2n) is 4.27. The molecule has 82 valence electrons. The molecule has 1 aromatic carbocycles. The van der Waals surface area contributed by atoms with Gasteiger partial charge in [-0.25, -0.2) is 0 Å². The van der Waals surface area contributed by atoms with E-state index in [0.717, 1.165) is 18.4 Å². The summed E-state index contributed by atoms with van der Waals surface area (Å²) >= 11 is 0. The van der Waals surface area contributed by atoms with Crippen molar-refractivity contribution in [3.05, 3.63) is 35.4 Å². The number of carbonyl (C=O) groups is 1. The highest BCUT2D eigenvalue weighted by molar-refractivity contribution is 5.70. The summed E-state index contributed by atoms with van der Waals surface area (Å²) in [7, 11) is 0. The number of carboxylic acids is 1. The van der Waals surface area contributed by atoms with Crippen molar-refractivity contribution in [2.24, 2.45) is 5.92 Å². The van der Waals surface area contributed by atoms with Crippen molar-refractivity contribution in [1.29, 1.82) is 0 Å². The molecule has 2 nitrogen and oxygen atoms in total. The van der Waals surface area contributed by atoms with Crippen molar-refractivity contribution in [1.82, 2.24) is 0 Å². The fourth-order valence-electron chi connectivity index (χ4n) is 1.58. The van der Waals surface area contributed by atoms with Gasteiger partial charge in [-0.3, -0.25) is 4.79 Å². The van der Waals surface area contributed by atoms with E-state index >= 15 is 0 Å². The zero-order chi connectivity index (χ0) is 11.3. The summed E-state index contributed by atoms with van der Waals surface area (Å²) in [5.41, 5.74) is 2.12. The number of aliphatic carboxylic acids is 1. The second-order valence-corrected chi connectivity index (χ2v) is 4.27. The summed E-state index contributed by atoms with van der Waals surface area (Å²) in [4.78, 5) is 10.7. The summed E-state index contributed by atoms with van der Waals surface area (Å²) in [5, 5.41) is 8.77. The molecule has 0 heterocycles. The molecule has 0 saturated heterocycles. The van der Waals surface area contributed by atoms with E-state index in [1.165, 1.54) is 5.56 Å². The Morgan fingerprint density at radius 3 is 2.40 bits per heavy atom. The van der Waals surface area contributed by atoms with Gasteiger partial charge in [0, 0.05) is 0 Å². The van der Waals surface area contributed by atoms with E-state index in [1.54, 1.807) is 0 Å². The molecule has 1 aromatic rings. The summed E-state index contributed by atoms with van der Waals surface area (Å²) in [6, 6.07) is 7.81. The Morgan fingerprint density at radius 2 is 1.87 bits per heavy atom. The Kier molecular flexibility index (Phi) is 4.35. The van der Waals surface area contributed by atoms with Gasteiger partial charge in [0.25, 0.3) is 0 Å². The fraction of sp³-hybridized carbons (Fsp3) is 0.462. The van der Waals surface area contributed by atoms with E-state index < -0.39 is 5.97 Å². The van der Waals surface area contributed by atoms with Crippen LogP contribution in [0.15, 0.2) is 24.3 Å². The SMILES string of the molecule is CC(C)CCc1ccccc1CC(=O)O. The first-order valence-electron chi connectivity index (χ1n) is 5.38. The third-order valence-corrected chi connectivity index (χ3v) is 2.45. The molecule has 0 aliphatic carbocycles. The lowest BCUT2D eigenvalue weighted by atomic mass is 9.97. The lowest BCUT2D eigenvalue weighted by Gasteiger charge is -2.09. The van der Waals surface area contributed by atoms with Gasteiger partial charge >= 0.3 is 5.97 Å². The number of aryl methyl sites for hydroxylation is 1. The average molecular weight is 206 g/mol. The van der Waals surface area contributed by atoms with Gasteiger partial charge in [0.1, 0.15) is 0 Å². The minimum Gasteiger partial charge on any atom is -0.481 e. The zero-order valence-electron chi connectivity index (χ0n) is 9.36. The van der Waals surface area contributed by atoms with E-state index in [9.17, 15) is 4.79 Å².